The van der Waals surface area contributed by atoms with Gasteiger partial charge >= 0.3 is 0 Å². The van der Waals surface area contributed by atoms with Gasteiger partial charge in [0.15, 0.2) is 5.82 Å². The first-order valence-corrected chi connectivity index (χ1v) is 13.6. The van der Waals surface area contributed by atoms with Crippen LogP contribution in [-0.2, 0) is 20.2 Å². The van der Waals surface area contributed by atoms with Gasteiger partial charge in [0, 0.05) is 18.5 Å². The Morgan fingerprint density at radius 1 is 0.975 bits per heavy atom. The lowest BCUT2D eigenvalue weighted by molar-refractivity contribution is 0.253. The maximum Gasteiger partial charge on any atom is 0.290 e. The molecule has 2 aliphatic rings. The van der Waals surface area contributed by atoms with Crippen molar-refractivity contribution in [2.24, 2.45) is 17.3 Å². The number of hydrogen-bond acceptors (Lipinski definition) is 9. The van der Waals surface area contributed by atoms with Crippen LogP contribution in [0.1, 0.15) is 52.7 Å². The standard InChI is InChI=1S/C30H32N8O2/c1-37-14-12-19(13-15-37)25-10-11-28(34-33-25)32-27-16-26(36-38(2)30(27)40)22-8-5-9-23(24(22)18-39)29-21-7-4-3-6-20(21)17-31-35-29/h3-11,16,19,29,39H,12-15,17-18H2,1-2H3,(H,32,34). The fraction of sp³-hybridized carbons (Fsp3) is 0.333. The van der Waals surface area contributed by atoms with Gasteiger partial charge in [-0.3, -0.25) is 4.79 Å². The molecule has 0 aliphatic carbocycles. The van der Waals surface area contributed by atoms with Gasteiger partial charge in [-0.2, -0.15) is 20.4 Å². The number of aliphatic hydroxyl groups is 1. The Bertz CT molecular complexity index is 1610. The van der Waals surface area contributed by atoms with E-state index in [0.29, 0.717) is 35.2 Å². The SMILES string of the molecule is CN1CCC(c2ccc(Nc3cc(-c4cccc(C5N=NCc6ccccc65)c4CO)nn(C)c3=O)nn2)CC1. The number of nitrogens with zero attached hydrogens (tertiary/aromatic N) is 7. The number of azo groups is 1. The Hall–Kier alpha value is -4.28. The first kappa shape index (κ1) is 26.0. The van der Waals surface area contributed by atoms with Gasteiger partial charge in [-0.25, -0.2) is 4.68 Å². The van der Waals surface area contributed by atoms with Crippen molar-refractivity contribution >= 4 is 11.5 Å². The van der Waals surface area contributed by atoms with E-state index in [0.717, 1.165) is 53.9 Å². The van der Waals surface area contributed by atoms with Crippen LogP contribution in [0.3, 0.4) is 0 Å². The molecule has 10 nitrogen and oxygen atoms in total. The van der Waals surface area contributed by atoms with Crippen molar-refractivity contribution in [3.63, 3.8) is 0 Å². The van der Waals surface area contributed by atoms with Crippen LogP contribution in [0.4, 0.5) is 11.5 Å². The highest BCUT2D eigenvalue weighted by Gasteiger charge is 2.25. The number of aromatic nitrogens is 4. The molecule has 2 aromatic carbocycles. The van der Waals surface area contributed by atoms with Crippen LogP contribution in [-0.4, -0.2) is 50.1 Å². The third kappa shape index (κ3) is 5.03. The summed E-state index contributed by atoms with van der Waals surface area (Å²) in [6.07, 6.45) is 2.12. The average molecular weight is 537 g/mol. The normalized spacial score (nSPS) is 17.5. The van der Waals surface area contributed by atoms with Gasteiger partial charge in [0.25, 0.3) is 5.56 Å². The minimum atomic E-state index is -0.324. The van der Waals surface area contributed by atoms with Crippen molar-refractivity contribution in [2.75, 3.05) is 25.5 Å². The number of aliphatic hydroxyl groups excluding tert-OH is 1. The van der Waals surface area contributed by atoms with Crippen LogP contribution in [0.25, 0.3) is 11.3 Å². The predicted octanol–water partition coefficient (Wildman–Crippen LogP) is 4.34. The summed E-state index contributed by atoms with van der Waals surface area (Å²) in [4.78, 5) is 15.3. The van der Waals surface area contributed by atoms with E-state index < -0.39 is 0 Å². The van der Waals surface area contributed by atoms with E-state index in [1.54, 1.807) is 13.1 Å². The quantitative estimate of drug-likeness (QED) is 0.376. The number of aryl methyl sites for hydroxylation is 1. The number of fused-ring (bicyclic) bond motifs is 1. The Labute approximate surface area is 232 Å². The molecule has 10 heteroatoms. The highest BCUT2D eigenvalue weighted by molar-refractivity contribution is 5.70. The summed E-state index contributed by atoms with van der Waals surface area (Å²) in [7, 11) is 3.75. The van der Waals surface area contributed by atoms with Gasteiger partial charge in [0.1, 0.15) is 11.7 Å². The third-order valence-corrected chi connectivity index (χ3v) is 7.88. The van der Waals surface area contributed by atoms with Crippen LogP contribution in [0.5, 0.6) is 0 Å². The predicted molar refractivity (Wildman–Crippen MR) is 152 cm³/mol. The first-order valence-electron chi connectivity index (χ1n) is 13.6. The van der Waals surface area contributed by atoms with E-state index in [2.05, 4.69) is 54.9 Å². The molecule has 0 bridgehead atoms. The molecule has 2 N–H and O–H groups in total. The van der Waals surface area contributed by atoms with Crippen LogP contribution in [0.15, 0.2) is 75.7 Å². The second-order valence-corrected chi connectivity index (χ2v) is 10.5. The molecule has 1 saturated heterocycles. The number of benzene rings is 2. The molecule has 40 heavy (non-hydrogen) atoms. The average Bonchev–Trinajstić information content (AvgIpc) is 2.99. The van der Waals surface area contributed by atoms with Crippen LogP contribution in [0.2, 0.25) is 0 Å². The fourth-order valence-electron chi connectivity index (χ4n) is 5.61. The Kier molecular flexibility index (Phi) is 7.19. The molecule has 0 amide bonds. The zero-order valence-corrected chi connectivity index (χ0v) is 22.7. The lowest BCUT2D eigenvalue weighted by Gasteiger charge is -2.28. The minimum absolute atomic E-state index is 0.211. The minimum Gasteiger partial charge on any atom is -0.392 e. The van der Waals surface area contributed by atoms with Crippen molar-refractivity contribution in [1.29, 1.82) is 0 Å². The summed E-state index contributed by atoms with van der Waals surface area (Å²) in [5.74, 6) is 0.888. The van der Waals surface area contributed by atoms with Gasteiger partial charge < -0.3 is 15.3 Å². The van der Waals surface area contributed by atoms with E-state index >= 15 is 0 Å². The largest absolute Gasteiger partial charge is 0.392 e. The Morgan fingerprint density at radius 2 is 1.77 bits per heavy atom. The Balaban J connectivity index is 1.32. The second kappa shape index (κ2) is 11.1. The van der Waals surface area contributed by atoms with Crippen LogP contribution < -0.4 is 10.9 Å². The summed E-state index contributed by atoms with van der Waals surface area (Å²) in [6, 6.07) is 19.1. The van der Waals surface area contributed by atoms with Gasteiger partial charge in [-0.1, -0.05) is 42.5 Å². The molecule has 1 atom stereocenters. The Morgan fingerprint density at radius 3 is 2.55 bits per heavy atom. The first-order chi connectivity index (χ1) is 19.5. The van der Waals surface area contributed by atoms with Crippen molar-refractivity contribution < 1.29 is 5.11 Å². The summed E-state index contributed by atoms with van der Waals surface area (Å²) in [5.41, 5.74) is 6.03. The van der Waals surface area contributed by atoms with Crippen molar-refractivity contribution in [3.8, 4) is 11.3 Å². The molecule has 2 aliphatic heterocycles. The molecule has 1 unspecified atom stereocenters. The second-order valence-electron chi connectivity index (χ2n) is 10.5. The highest BCUT2D eigenvalue weighted by atomic mass is 16.3. The molecule has 0 radical (unpaired) electrons. The van der Waals surface area contributed by atoms with Crippen molar-refractivity contribution in [1.82, 2.24) is 24.9 Å². The topological polar surface area (TPSA) is 121 Å². The zero-order chi connectivity index (χ0) is 27.6. The number of nitrogens with one attached hydrogen (secondary N) is 1. The molecule has 4 aromatic rings. The van der Waals surface area contributed by atoms with E-state index in [4.69, 9.17) is 0 Å². The van der Waals surface area contributed by atoms with E-state index in [-0.39, 0.29) is 18.2 Å². The zero-order valence-electron chi connectivity index (χ0n) is 22.7. The summed E-state index contributed by atoms with van der Waals surface area (Å²) in [5, 5.41) is 35.9. The van der Waals surface area contributed by atoms with E-state index in [1.165, 1.54) is 4.68 Å². The van der Waals surface area contributed by atoms with Crippen molar-refractivity contribution in [3.05, 3.63) is 99.0 Å². The summed E-state index contributed by atoms with van der Waals surface area (Å²) in [6.45, 7) is 2.43. The van der Waals surface area contributed by atoms with Gasteiger partial charge in [-0.05, 0) is 73.4 Å². The molecule has 6 rings (SSSR count). The van der Waals surface area contributed by atoms with Crippen molar-refractivity contribution in [2.45, 2.75) is 38.0 Å². The van der Waals surface area contributed by atoms with Gasteiger partial charge in [0.05, 0.1) is 24.5 Å². The monoisotopic (exact) mass is 536 g/mol. The molecule has 0 spiro atoms. The van der Waals surface area contributed by atoms with Gasteiger partial charge in [-0.15, -0.1) is 5.10 Å². The van der Waals surface area contributed by atoms with Crippen LogP contribution >= 0.6 is 0 Å². The fourth-order valence-corrected chi connectivity index (χ4v) is 5.61. The maximum atomic E-state index is 13.0. The molecule has 1 fully saturated rings. The molecular weight excluding hydrogens is 504 g/mol. The van der Waals surface area contributed by atoms with Crippen LogP contribution in [0, 0.1) is 0 Å². The number of likely N-dealkylation sites (tertiary alicyclic amines) is 1. The molecular formula is C30H32N8O2. The highest BCUT2D eigenvalue weighted by Crippen LogP contribution is 2.38. The van der Waals surface area contributed by atoms with E-state index in [1.807, 2.05) is 42.5 Å². The smallest absolute Gasteiger partial charge is 0.290 e. The lowest BCUT2D eigenvalue weighted by Crippen LogP contribution is -2.29. The molecule has 0 saturated carbocycles. The summed E-state index contributed by atoms with van der Waals surface area (Å²) >= 11 is 0. The third-order valence-electron chi connectivity index (χ3n) is 7.88. The van der Waals surface area contributed by atoms with Gasteiger partial charge in [0.2, 0.25) is 0 Å². The summed E-state index contributed by atoms with van der Waals surface area (Å²) < 4.78 is 1.29. The number of anilines is 2. The molecule has 4 heterocycles. The number of rotatable bonds is 6. The molecule has 204 valence electrons. The number of hydrogen-bond donors (Lipinski definition) is 2. The maximum absolute atomic E-state index is 13.0. The number of piperidine rings is 1. The van der Waals surface area contributed by atoms with E-state index in [9.17, 15) is 9.90 Å². The lowest BCUT2D eigenvalue weighted by atomic mass is 9.88. The molecule has 2 aromatic heterocycles.